The van der Waals surface area contributed by atoms with Gasteiger partial charge in [0.05, 0.1) is 83.4 Å². The maximum atomic E-state index is 17.6. The minimum Gasteiger partial charge on any atom is -0.481 e. The van der Waals surface area contributed by atoms with Crippen LogP contribution >= 0.6 is 0 Å². The van der Waals surface area contributed by atoms with E-state index in [1.54, 1.807) is 0 Å². The van der Waals surface area contributed by atoms with Crippen LogP contribution in [0.5, 0.6) is 17.2 Å². The van der Waals surface area contributed by atoms with Gasteiger partial charge >= 0.3 is 0 Å². The molecule has 119 heavy (non-hydrogen) atoms. The van der Waals surface area contributed by atoms with Crippen molar-refractivity contribution in [1.29, 1.82) is 0 Å². The zero-order chi connectivity index (χ0) is 85.2. The van der Waals surface area contributed by atoms with Crippen molar-refractivity contribution in [2.45, 2.75) is 112 Å². The first-order valence-electron chi connectivity index (χ1n) is 34.5. The molecule has 0 aliphatic carbocycles. The highest BCUT2D eigenvalue weighted by molar-refractivity contribution is 6.00. The number of H-pyrrole nitrogens is 2. The van der Waals surface area contributed by atoms with Gasteiger partial charge in [-0.1, -0.05) is 15.6 Å². The predicted octanol–water partition coefficient (Wildman–Crippen LogP) is 5.12. The predicted molar refractivity (Wildman–Crippen MR) is 360 cm³/mol. The van der Waals surface area contributed by atoms with Gasteiger partial charge in [0.2, 0.25) is 40.7 Å². The molecular formula is C71H52F17N13O18. The zero-order valence-electron chi connectivity index (χ0n) is 58.9. The Morgan fingerprint density at radius 3 is 0.739 bits per heavy atom. The summed E-state index contributed by atoms with van der Waals surface area (Å²) in [6, 6.07) is 2.53. The number of nitrogens with one attached hydrogen (secondary N) is 2. The molecule has 3 fully saturated rings. The number of rotatable bonds is 19. The summed E-state index contributed by atoms with van der Waals surface area (Å²) in [5, 5.41) is 145. The number of aliphatic hydroxyl groups excluding tert-OH is 12. The van der Waals surface area contributed by atoms with E-state index in [0.717, 1.165) is 18.6 Å². The summed E-state index contributed by atoms with van der Waals surface area (Å²) in [7, 11) is 0. The molecule has 0 spiro atoms. The summed E-state index contributed by atoms with van der Waals surface area (Å²) in [5.41, 5.74) is -22.7. The molecule has 31 nitrogen and oxygen atoms in total. The largest absolute Gasteiger partial charge is 0.481 e. The van der Waals surface area contributed by atoms with Crippen LogP contribution in [0.1, 0.15) is 58.5 Å². The molecule has 15 rings (SSSR count). The standard InChI is InChI=1S/C71H52F17N13O18/c72-40-36(41(73)49(81)50(82)48(40)80)32-21-1-3-23(89-21)33(37-42(74)51(83)66(52(84)43(37)75)114-15-18-9-99(96-93-18)69-63(111)60(108)57(105)29(12-102)117-69)25-5-7-27(91-25)35(39-46(78)55(87)68(56(88)47(39)79)116-17-20-11-101(98-95-20)71-65(113)62(110)59(107)31(14-104)119-71)28-8-6-26(92-28)34(24-4-2-22(32)90-24)38-44(76)53(85)67(54(86)45(38)77)115-16-19-10-100(97-94-19)70-64(112)61(109)58(106)30(13-103)118-70/h1-11,29-31,57-65,69-71,89,92,102-113H,12-17H2/t29-,30-,31-,57-,58-,59-,60+,61+,62+,63-,64-,65-,69-,70-,71-/m1/s1. The van der Waals surface area contributed by atoms with Gasteiger partial charge in [0.1, 0.15) is 110 Å². The van der Waals surface area contributed by atoms with Gasteiger partial charge in [0.15, 0.2) is 94.1 Å². The third kappa shape index (κ3) is 14.0. The first-order chi connectivity index (χ1) is 56.7. The number of hydrogen-bond acceptors (Lipinski definition) is 26. The number of halogens is 17. The molecule has 0 unspecified atom stereocenters. The number of aromatic nitrogens is 13. The molecule has 8 bridgehead atoms. The van der Waals surface area contributed by atoms with E-state index in [0.29, 0.717) is 62.6 Å². The third-order valence-corrected chi connectivity index (χ3v) is 19.8. The second-order valence-electron chi connectivity index (χ2n) is 26.9. The van der Waals surface area contributed by atoms with Crippen molar-refractivity contribution in [3.05, 3.63) is 182 Å². The van der Waals surface area contributed by atoms with Crippen molar-refractivity contribution in [1.82, 2.24) is 64.9 Å². The Kier molecular flexibility index (Phi) is 22.2. The molecule has 6 aromatic heterocycles. The fraction of sp³-hybridized carbons (Fsp3) is 0.296. The van der Waals surface area contributed by atoms with E-state index in [2.05, 4.69) is 50.9 Å². The number of benzene rings is 4. The van der Waals surface area contributed by atoms with E-state index in [-0.39, 0.29) is 0 Å². The molecule has 4 aromatic carbocycles. The quantitative estimate of drug-likeness (QED) is 0.0284. The Hall–Kier alpha value is -11.5. The average molecular weight is 1700 g/mol. The van der Waals surface area contributed by atoms with Crippen molar-refractivity contribution in [3.63, 3.8) is 0 Å². The van der Waals surface area contributed by atoms with Crippen molar-refractivity contribution < 1.29 is 164 Å². The fourth-order valence-electron chi connectivity index (χ4n) is 13.8. The van der Waals surface area contributed by atoms with Crippen LogP contribution in [-0.2, 0) is 34.0 Å². The number of fused-ring (bicyclic) bond motifs is 8. The lowest BCUT2D eigenvalue weighted by Gasteiger charge is -2.39. The summed E-state index contributed by atoms with van der Waals surface area (Å²) >= 11 is 0. The van der Waals surface area contributed by atoms with E-state index in [1.165, 1.54) is 0 Å². The smallest absolute Gasteiger partial charge is 0.204 e. The Labute approximate surface area is 648 Å². The number of aromatic amines is 2. The second-order valence-corrected chi connectivity index (χ2v) is 26.9. The summed E-state index contributed by atoms with van der Waals surface area (Å²) in [6.45, 7) is -6.31. The summed E-state index contributed by atoms with van der Waals surface area (Å²) in [4.78, 5) is 13.1. The van der Waals surface area contributed by atoms with E-state index in [1.807, 2.05) is 0 Å². The van der Waals surface area contributed by atoms with Crippen LogP contribution in [0.15, 0.2) is 42.9 Å². The highest BCUT2D eigenvalue weighted by atomic mass is 19.2. The lowest BCUT2D eigenvalue weighted by atomic mass is 9.98. The van der Waals surface area contributed by atoms with E-state index < -0.39 is 354 Å². The van der Waals surface area contributed by atoms with Gasteiger partial charge in [-0.25, -0.2) is 72.3 Å². The van der Waals surface area contributed by atoms with Gasteiger partial charge in [-0.05, 0) is 48.6 Å². The fourth-order valence-corrected chi connectivity index (χ4v) is 13.8. The molecule has 0 radical (unpaired) electrons. The first kappa shape index (κ1) is 82.6. The van der Waals surface area contributed by atoms with Crippen LogP contribution in [-0.4, -0.2) is 219 Å². The molecular weight excluding hydrogens is 1650 g/mol. The summed E-state index contributed by atoms with van der Waals surface area (Å²) in [5.74, 6) is -48.7. The summed E-state index contributed by atoms with van der Waals surface area (Å²) in [6.07, 6.45) is -22.2. The van der Waals surface area contributed by atoms with Crippen LogP contribution in [0, 0.1) is 98.9 Å². The normalized spacial score (nSPS) is 23.8. The minimum atomic E-state index is -2.78. The second kappa shape index (κ2) is 32.0. The summed E-state index contributed by atoms with van der Waals surface area (Å²) < 4.78 is 320. The van der Waals surface area contributed by atoms with Crippen LogP contribution in [0.25, 0.3) is 90.9 Å². The number of nitrogens with zero attached hydrogens (tertiary/aromatic N) is 11. The highest BCUT2D eigenvalue weighted by Crippen LogP contribution is 2.48. The molecule has 10 aromatic rings. The molecule has 48 heteroatoms. The first-order valence-corrected chi connectivity index (χ1v) is 34.5. The van der Waals surface area contributed by atoms with Gasteiger partial charge in [0.25, 0.3) is 0 Å². The minimum absolute atomic E-state index is 0.485. The molecule has 5 aliphatic rings. The Morgan fingerprint density at radius 1 is 0.294 bits per heavy atom. The van der Waals surface area contributed by atoms with Gasteiger partial charge in [0, 0.05) is 44.3 Å². The SMILES string of the molecule is OC[C@H]1O[C@@H](n2cc(COc3c(F)c(F)c(-c4c5nc(c(-c6c(F)c(F)c(OCc7cn([C@@H]8O[C@H](CO)[C@@H](O)[C@H](O)[C@H]8O)nn7)c(F)c6F)c6ccc([nH]6)c(-c6c(F)c(F)c(OCc7cn([C@@H]8O[C@H](CO)[C@@H](O)[C@H](O)[C@H]8O)nn7)c(F)c6F)c6nc(c(-c7c(F)c(F)c(F)c(F)c7F)c7ccc4[nH]7)C=C6)C=C5)c(F)c3F)nn2)[C@H](O)[C@@H](O)[C@@H]1O. The van der Waals surface area contributed by atoms with E-state index in [4.69, 9.17) is 28.4 Å². The molecule has 11 heterocycles. The van der Waals surface area contributed by atoms with Crippen molar-refractivity contribution in [2.75, 3.05) is 19.8 Å². The molecule has 628 valence electrons. The van der Waals surface area contributed by atoms with E-state index in [9.17, 15) is 65.7 Å². The molecule has 15 atom stereocenters. The topological polar surface area (TPSA) is 448 Å². The third-order valence-electron chi connectivity index (χ3n) is 19.8. The van der Waals surface area contributed by atoms with Gasteiger partial charge in [-0.15, -0.1) is 15.3 Å². The lowest BCUT2D eigenvalue weighted by molar-refractivity contribution is -0.254. The van der Waals surface area contributed by atoms with Crippen molar-refractivity contribution in [2.24, 2.45) is 0 Å². The van der Waals surface area contributed by atoms with Crippen LogP contribution in [0.4, 0.5) is 74.6 Å². The molecule has 14 N–H and O–H groups in total. The van der Waals surface area contributed by atoms with Gasteiger partial charge in [-0.3, -0.25) is 0 Å². The molecule has 0 saturated carbocycles. The monoisotopic (exact) mass is 1700 g/mol. The lowest BCUT2D eigenvalue weighted by Crippen LogP contribution is -2.56. The van der Waals surface area contributed by atoms with Gasteiger partial charge < -0.3 is 99.7 Å². The van der Waals surface area contributed by atoms with Crippen molar-refractivity contribution in [3.8, 4) is 61.8 Å². The Morgan fingerprint density at radius 2 is 0.513 bits per heavy atom. The van der Waals surface area contributed by atoms with Crippen LogP contribution in [0.2, 0.25) is 0 Å². The highest BCUT2D eigenvalue weighted by Gasteiger charge is 2.49. The zero-order valence-corrected chi connectivity index (χ0v) is 58.9. The average Bonchev–Trinajstić information content (AvgIpc) is 1.63. The molecule has 3 saturated heterocycles. The van der Waals surface area contributed by atoms with Crippen molar-refractivity contribution >= 4 is 46.4 Å². The number of aliphatic hydroxyl groups is 12. The van der Waals surface area contributed by atoms with Crippen LogP contribution in [0.3, 0.4) is 0 Å². The van der Waals surface area contributed by atoms with E-state index >= 15 is 70.2 Å². The van der Waals surface area contributed by atoms with Crippen LogP contribution < -0.4 is 14.2 Å². The Balaban J connectivity index is 0.927. The maximum Gasteiger partial charge on any atom is 0.204 e. The Bertz CT molecular complexity index is 5710. The molecule has 0 amide bonds. The van der Waals surface area contributed by atoms with Gasteiger partial charge in [-0.2, -0.15) is 26.3 Å². The maximum absolute atomic E-state index is 17.6. The number of ether oxygens (including phenoxy) is 6. The number of hydrogen-bond donors (Lipinski definition) is 14. The molecule has 5 aliphatic heterocycles.